The molecule has 2 aromatic carbocycles. The van der Waals surface area contributed by atoms with Gasteiger partial charge in [-0.2, -0.15) is 0 Å². The number of halogens is 1. The van der Waals surface area contributed by atoms with Crippen LogP contribution in [-0.4, -0.2) is 26.1 Å². The highest BCUT2D eigenvalue weighted by Gasteiger charge is 2.12. The number of hydrogen-bond acceptors (Lipinski definition) is 4. The predicted octanol–water partition coefficient (Wildman–Crippen LogP) is 4.10. The molecule has 0 aliphatic carbocycles. The van der Waals surface area contributed by atoms with Gasteiger partial charge in [0.2, 0.25) is 0 Å². The molecule has 0 saturated heterocycles. The van der Waals surface area contributed by atoms with Crippen LogP contribution in [0.25, 0.3) is 5.69 Å². The average molecular weight is 357 g/mol. The lowest BCUT2D eigenvalue weighted by atomic mass is 10.2. The van der Waals surface area contributed by atoms with Gasteiger partial charge in [0.05, 0.1) is 23.5 Å². The van der Waals surface area contributed by atoms with Crippen molar-refractivity contribution in [1.29, 1.82) is 0 Å². The number of nitrogens with zero attached hydrogens (tertiary/aromatic N) is 3. The third-order valence-corrected chi connectivity index (χ3v) is 4.30. The Morgan fingerprint density at radius 3 is 2.60 bits per heavy atom. The van der Waals surface area contributed by atoms with Crippen molar-refractivity contribution in [2.24, 2.45) is 0 Å². The summed E-state index contributed by atoms with van der Waals surface area (Å²) >= 11 is 6.05. The second kappa shape index (κ2) is 6.94. The van der Waals surface area contributed by atoms with Crippen molar-refractivity contribution in [1.82, 2.24) is 15.0 Å². The Balaban J connectivity index is 1.75. The van der Waals surface area contributed by atoms with E-state index >= 15 is 0 Å². The van der Waals surface area contributed by atoms with Crippen molar-refractivity contribution < 1.29 is 9.90 Å². The maximum absolute atomic E-state index is 10.9. The molecule has 0 aliphatic rings. The molecule has 128 valence electrons. The molecular formula is C18H17ClN4O2. The second-order valence-corrected chi connectivity index (χ2v) is 6.18. The lowest BCUT2D eigenvalue weighted by molar-refractivity contribution is 0.0697. The van der Waals surface area contributed by atoms with Crippen molar-refractivity contribution in [2.75, 3.05) is 5.32 Å². The SMILES string of the molecule is Cc1cc(NC(C)c2cn(-c3ccc(C(=O)O)cc3)nn2)ccc1Cl. The van der Waals surface area contributed by atoms with Crippen LogP contribution in [0.4, 0.5) is 5.69 Å². The molecule has 1 aromatic heterocycles. The first-order valence-electron chi connectivity index (χ1n) is 7.72. The van der Waals surface area contributed by atoms with Gasteiger partial charge >= 0.3 is 5.97 Å². The van der Waals surface area contributed by atoms with Gasteiger partial charge in [0.25, 0.3) is 0 Å². The van der Waals surface area contributed by atoms with E-state index in [4.69, 9.17) is 16.7 Å². The van der Waals surface area contributed by atoms with Crippen LogP contribution in [0.5, 0.6) is 0 Å². The van der Waals surface area contributed by atoms with Crippen LogP contribution in [0, 0.1) is 6.92 Å². The van der Waals surface area contributed by atoms with Crippen LogP contribution in [0.15, 0.2) is 48.7 Å². The standard InChI is InChI=1S/C18H17ClN4O2/c1-11-9-14(5-8-16(11)19)20-12(2)17-10-23(22-21-17)15-6-3-13(4-7-15)18(24)25/h3-10,12,20H,1-2H3,(H,24,25). The maximum Gasteiger partial charge on any atom is 0.335 e. The van der Waals surface area contributed by atoms with E-state index in [1.54, 1.807) is 16.8 Å². The molecular weight excluding hydrogens is 340 g/mol. The van der Waals surface area contributed by atoms with Gasteiger partial charge in [-0.05, 0) is 61.9 Å². The monoisotopic (exact) mass is 356 g/mol. The van der Waals surface area contributed by atoms with Crippen molar-refractivity contribution >= 4 is 23.3 Å². The normalized spacial score (nSPS) is 12.0. The largest absolute Gasteiger partial charge is 0.478 e. The van der Waals surface area contributed by atoms with Gasteiger partial charge in [0.15, 0.2) is 0 Å². The van der Waals surface area contributed by atoms with Gasteiger partial charge in [0.1, 0.15) is 5.69 Å². The number of carboxylic acid groups (broad SMARTS) is 1. The van der Waals surface area contributed by atoms with Gasteiger partial charge in [-0.1, -0.05) is 16.8 Å². The quantitative estimate of drug-likeness (QED) is 0.719. The van der Waals surface area contributed by atoms with E-state index in [1.165, 1.54) is 12.1 Å². The minimum Gasteiger partial charge on any atom is -0.478 e. The van der Waals surface area contributed by atoms with Crippen LogP contribution in [0.2, 0.25) is 5.02 Å². The lowest BCUT2D eigenvalue weighted by Crippen LogP contribution is -2.07. The van der Waals surface area contributed by atoms with E-state index in [0.717, 1.165) is 27.7 Å². The number of anilines is 1. The molecule has 0 spiro atoms. The zero-order valence-electron chi connectivity index (χ0n) is 13.8. The Morgan fingerprint density at radius 2 is 1.96 bits per heavy atom. The van der Waals surface area contributed by atoms with E-state index in [2.05, 4.69) is 15.6 Å². The number of benzene rings is 2. The predicted molar refractivity (Wildman–Crippen MR) is 96.5 cm³/mol. The van der Waals surface area contributed by atoms with Crippen molar-refractivity contribution in [3.8, 4) is 5.69 Å². The summed E-state index contributed by atoms with van der Waals surface area (Å²) in [5.74, 6) is -0.957. The first-order valence-corrected chi connectivity index (χ1v) is 8.10. The number of hydrogen-bond donors (Lipinski definition) is 2. The molecule has 0 saturated carbocycles. The third kappa shape index (κ3) is 3.80. The van der Waals surface area contributed by atoms with Gasteiger partial charge in [-0.15, -0.1) is 5.10 Å². The van der Waals surface area contributed by atoms with E-state index in [9.17, 15) is 4.79 Å². The average Bonchev–Trinajstić information content (AvgIpc) is 3.08. The van der Waals surface area contributed by atoms with Crippen molar-refractivity contribution in [3.05, 3.63) is 70.5 Å². The minimum atomic E-state index is -0.957. The first kappa shape index (κ1) is 17.0. The second-order valence-electron chi connectivity index (χ2n) is 5.77. The Kier molecular flexibility index (Phi) is 4.72. The molecule has 0 amide bonds. The summed E-state index contributed by atoms with van der Waals surface area (Å²) in [7, 11) is 0. The Hall–Kier alpha value is -2.86. The van der Waals surface area contributed by atoms with Crippen LogP contribution >= 0.6 is 11.6 Å². The number of aryl methyl sites for hydroxylation is 1. The van der Waals surface area contributed by atoms with Gasteiger partial charge in [0, 0.05) is 10.7 Å². The molecule has 0 bridgehead atoms. The molecule has 1 unspecified atom stereocenters. The van der Waals surface area contributed by atoms with Crippen LogP contribution < -0.4 is 5.32 Å². The molecule has 2 N–H and O–H groups in total. The van der Waals surface area contributed by atoms with E-state index in [0.29, 0.717) is 0 Å². The molecule has 1 heterocycles. The smallest absolute Gasteiger partial charge is 0.335 e. The summed E-state index contributed by atoms with van der Waals surface area (Å²) < 4.78 is 1.62. The number of rotatable bonds is 5. The van der Waals surface area contributed by atoms with E-state index in [-0.39, 0.29) is 11.6 Å². The Bertz CT molecular complexity index is 906. The maximum atomic E-state index is 10.9. The number of aromatic carboxylic acids is 1. The fourth-order valence-corrected chi connectivity index (χ4v) is 2.53. The van der Waals surface area contributed by atoms with Crippen LogP contribution in [0.1, 0.15) is 34.6 Å². The van der Waals surface area contributed by atoms with Gasteiger partial charge < -0.3 is 10.4 Å². The topological polar surface area (TPSA) is 80.0 Å². The van der Waals surface area contributed by atoms with Crippen LogP contribution in [0.3, 0.4) is 0 Å². The van der Waals surface area contributed by atoms with E-state index < -0.39 is 5.97 Å². The molecule has 25 heavy (non-hydrogen) atoms. The summed E-state index contributed by atoms with van der Waals surface area (Å²) in [6, 6.07) is 12.2. The third-order valence-electron chi connectivity index (χ3n) is 3.87. The number of carbonyl (C=O) groups is 1. The molecule has 0 radical (unpaired) electrons. The molecule has 0 aliphatic heterocycles. The minimum absolute atomic E-state index is 0.0485. The van der Waals surface area contributed by atoms with Gasteiger partial charge in [-0.25, -0.2) is 9.48 Å². The molecule has 3 rings (SSSR count). The molecule has 7 heteroatoms. The summed E-state index contributed by atoms with van der Waals surface area (Å²) in [5, 5.41) is 21.3. The zero-order valence-corrected chi connectivity index (χ0v) is 14.5. The molecule has 3 aromatic rings. The fourth-order valence-electron chi connectivity index (χ4n) is 2.42. The Labute approximate surface area is 150 Å². The summed E-state index contributed by atoms with van der Waals surface area (Å²) in [5.41, 5.74) is 3.71. The molecule has 1 atom stereocenters. The summed E-state index contributed by atoms with van der Waals surface area (Å²) in [6.07, 6.45) is 1.82. The highest BCUT2D eigenvalue weighted by Crippen LogP contribution is 2.23. The van der Waals surface area contributed by atoms with Crippen molar-refractivity contribution in [3.63, 3.8) is 0 Å². The van der Waals surface area contributed by atoms with Crippen molar-refractivity contribution in [2.45, 2.75) is 19.9 Å². The first-order chi connectivity index (χ1) is 11.9. The number of aromatic nitrogens is 3. The molecule has 0 fully saturated rings. The zero-order chi connectivity index (χ0) is 18.0. The summed E-state index contributed by atoms with van der Waals surface area (Å²) in [4.78, 5) is 10.9. The number of nitrogens with one attached hydrogen (secondary N) is 1. The molecule has 6 nitrogen and oxygen atoms in total. The number of carboxylic acids is 1. The Morgan fingerprint density at radius 1 is 1.24 bits per heavy atom. The highest BCUT2D eigenvalue weighted by atomic mass is 35.5. The fraction of sp³-hybridized carbons (Fsp3) is 0.167. The van der Waals surface area contributed by atoms with E-state index in [1.807, 2.05) is 38.2 Å². The van der Waals surface area contributed by atoms with Crippen LogP contribution in [-0.2, 0) is 0 Å². The lowest BCUT2D eigenvalue weighted by Gasteiger charge is -2.13. The highest BCUT2D eigenvalue weighted by molar-refractivity contribution is 6.31. The van der Waals surface area contributed by atoms with Gasteiger partial charge in [-0.3, -0.25) is 0 Å². The summed E-state index contributed by atoms with van der Waals surface area (Å²) in [6.45, 7) is 3.95.